The number of sulfonamides is 1. The number of nitrogens with zero attached hydrogens (tertiary/aromatic N) is 1. The number of rotatable bonds is 3. The molecular formula is C10H16N2O5S2. The first-order valence-corrected chi connectivity index (χ1v) is 9.03. The van der Waals surface area contributed by atoms with E-state index in [1.165, 1.54) is 16.6 Å². The Balaban J connectivity index is 2.30. The molecule has 1 aliphatic heterocycles. The highest BCUT2D eigenvalue weighted by Crippen LogP contribution is 2.22. The largest absolute Gasteiger partial charge is 0.390 e. The van der Waals surface area contributed by atoms with Crippen molar-refractivity contribution >= 4 is 19.9 Å². The highest BCUT2D eigenvalue weighted by atomic mass is 32.2. The molecule has 0 amide bonds. The van der Waals surface area contributed by atoms with Crippen molar-refractivity contribution in [2.24, 2.45) is 0 Å². The SMILES string of the molecule is CC1CS(=O)(=O)CCN1S(=O)(=O)c1c[nH]c(CO)c1. The Hall–Kier alpha value is -0.900. The third-order valence-electron chi connectivity index (χ3n) is 3.10. The van der Waals surface area contributed by atoms with Gasteiger partial charge in [-0.05, 0) is 13.0 Å². The van der Waals surface area contributed by atoms with Crippen molar-refractivity contribution in [3.8, 4) is 0 Å². The van der Waals surface area contributed by atoms with E-state index >= 15 is 0 Å². The highest BCUT2D eigenvalue weighted by molar-refractivity contribution is 7.92. The number of aliphatic hydroxyl groups excluding tert-OH is 1. The number of hydrogen-bond acceptors (Lipinski definition) is 5. The van der Waals surface area contributed by atoms with Crippen LogP contribution in [0, 0.1) is 0 Å². The van der Waals surface area contributed by atoms with Crippen LogP contribution in [0.25, 0.3) is 0 Å². The zero-order valence-electron chi connectivity index (χ0n) is 10.4. The van der Waals surface area contributed by atoms with Crippen molar-refractivity contribution in [3.63, 3.8) is 0 Å². The monoisotopic (exact) mass is 308 g/mol. The third-order valence-corrected chi connectivity index (χ3v) is 6.89. The summed E-state index contributed by atoms with van der Waals surface area (Å²) in [4.78, 5) is 2.70. The minimum atomic E-state index is -3.72. The van der Waals surface area contributed by atoms with E-state index in [1.807, 2.05) is 0 Å². The molecule has 0 saturated carbocycles. The van der Waals surface area contributed by atoms with Gasteiger partial charge in [-0.2, -0.15) is 4.31 Å². The summed E-state index contributed by atoms with van der Waals surface area (Å²) in [6.45, 7) is 1.26. The summed E-state index contributed by atoms with van der Waals surface area (Å²) in [5.41, 5.74) is 0.399. The number of sulfone groups is 1. The fourth-order valence-electron chi connectivity index (χ4n) is 2.13. The highest BCUT2D eigenvalue weighted by Gasteiger charge is 2.36. The normalized spacial score (nSPS) is 24.4. The van der Waals surface area contributed by atoms with E-state index in [9.17, 15) is 16.8 Å². The average Bonchev–Trinajstić information content (AvgIpc) is 2.76. The molecule has 0 aliphatic carbocycles. The Morgan fingerprint density at radius 2 is 2.21 bits per heavy atom. The third kappa shape index (κ3) is 2.83. The van der Waals surface area contributed by atoms with Crippen LogP contribution < -0.4 is 0 Å². The van der Waals surface area contributed by atoms with E-state index in [-0.39, 0.29) is 29.6 Å². The molecule has 9 heteroatoms. The molecule has 1 unspecified atom stereocenters. The van der Waals surface area contributed by atoms with Crippen LogP contribution >= 0.6 is 0 Å². The summed E-state index contributed by atoms with van der Waals surface area (Å²) in [7, 11) is -6.88. The van der Waals surface area contributed by atoms with E-state index in [4.69, 9.17) is 5.11 Å². The number of nitrogens with one attached hydrogen (secondary N) is 1. The number of H-pyrrole nitrogens is 1. The minimum Gasteiger partial charge on any atom is -0.390 e. The number of aliphatic hydroxyl groups is 1. The van der Waals surface area contributed by atoms with E-state index in [2.05, 4.69) is 4.98 Å². The second-order valence-electron chi connectivity index (χ2n) is 4.60. The Labute approximate surface area is 112 Å². The average molecular weight is 308 g/mol. The van der Waals surface area contributed by atoms with Crippen LogP contribution in [0.3, 0.4) is 0 Å². The van der Waals surface area contributed by atoms with Crippen LogP contribution in [0.2, 0.25) is 0 Å². The summed E-state index contributed by atoms with van der Waals surface area (Å²) < 4.78 is 48.8. The van der Waals surface area contributed by atoms with Gasteiger partial charge in [0.2, 0.25) is 10.0 Å². The summed E-state index contributed by atoms with van der Waals surface area (Å²) >= 11 is 0. The summed E-state index contributed by atoms with van der Waals surface area (Å²) in [6.07, 6.45) is 1.30. The number of aromatic nitrogens is 1. The fourth-order valence-corrected chi connectivity index (χ4v) is 5.55. The van der Waals surface area contributed by atoms with Gasteiger partial charge in [-0.3, -0.25) is 0 Å². The van der Waals surface area contributed by atoms with E-state index in [0.29, 0.717) is 5.69 Å². The fraction of sp³-hybridized carbons (Fsp3) is 0.600. The van der Waals surface area contributed by atoms with Crippen LogP contribution in [-0.2, 0) is 26.5 Å². The molecule has 2 N–H and O–H groups in total. The maximum atomic E-state index is 12.4. The standard InChI is InChI=1S/C10H16N2O5S2/c1-8-7-18(14,15)3-2-12(8)19(16,17)10-4-9(6-13)11-5-10/h4-5,8,11,13H,2-3,6-7H2,1H3. The molecule has 108 valence electrons. The quantitative estimate of drug-likeness (QED) is 0.769. The van der Waals surface area contributed by atoms with Crippen LogP contribution in [0.15, 0.2) is 17.2 Å². The molecular weight excluding hydrogens is 292 g/mol. The van der Waals surface area contributed by atoms with E-state index in [1.54, 1.807) is 6.92 Å². The van der Waals surface area contributed by atoms with Crippen molar-refractivity contribution in [2.75, 3.05) is 18.1 Å². The maximum absolute atomic E-state index is 12.4. The van der Waals surface area contributed by atoms with Gasteiger partial charge in [-0.15, -0.1) is 0 Å². The molecule has 1 aromatic rings. The topological polar surface area (TPSA) is 108 Å². The molecule has 0 aromatic carbocycles. The zero-order valence-corrected chi connectivity index (χ0v) is 12.0. The number of aromatic amines is 1. The van der Waals surface area contributed by atoms with Crippen molar-refractivity contribution in [3.05, 3.63) is 18.0 Å². The Bertz CT molecular complexity index is 662. The molecule has 1 fully saturated rings. The maximum Gasteiger partial charge on any atom is 0.244 e. The van der Waals surface area contributed by atoms with Gasteiger partial charge in [0, 0.05) is 24.5 Å². The summed E-state index contributed by atoms with van der Waals surface area (Å²) in [5, 5.41) is 8.93. The van der Waals surface area contributed by atoms with Crippen LogP contribution in [0.5, 0.6) is 0 Å². The molecule has 19 heavy (non-hydrogen) atoms. The van der Waals surface area contributed by atoms with Crippen molar-refractivity contribution in [1.82, 2.24) is 9.29 Å². The second kappa shape index (κ2) is 4.89. The lowest BCUT2D eigenvalue weighted by atomic mass is 10.4. The molecule has 2 rings (SSSR count). The van der Waals surface area contributed by atoms with E-state index < -0.39 is 25.9 Å². The molecule has 7 nitrogen and oxygen atoms in total. The molecule has 1 aliphatic rings. The van der Waals surface area contributed by atoms with Crippen molar-refractivity contribution < 1.29 is 21.9 Å². The van der Waals surface area contributed by atoms with E-state index in [0.717, 1.165) is 0 Å². The van der Waals surface area contributed by atoms with Gasteiger partial charge in [-0.1, -0.05) is 0 Å². The predicted molar refractivity (Wildman–Crippen MR) is 68.7 cm³/mol. The van der Waals surface area contributed by atoms with Gasteiger partial charge < -0.3 is 10.1 Å². The van der Waals surface area contributed by atoms with Crippen molar-refractivity contribution in [2.45, 2.75) is 24.5 Å². The van der Waals surface area contributed by atoms with Crippen LogP contribution in [-0.4, -0.2) is 55.3 Å². The molecule has 0 spiro atoms. The van der Waals surface area contributed by atoms with Crippen LogP contribution in [0.4, 0.5) is 0 Å². The number of hydrogen-bond donors (Lipinski definition) is 2. The predicted octanol–water partition coefficient (Wildman–Crippen LogP) is -0.685. The van der Waals surface area contributed by atoms with Gasteiger partial charge in [0.25, 0.3) is 0 Å². The van der Waals surface area contributed by atoms with Gasteiger partial charge in [0.05, 0.1) is 23.0 Å². The lowest BCUT2D eigenvalue weighted by Crippen LogP contribution is -2.49. The van der Waals surface area contributed by atoms with Gasteiger partial charge in [0.15, 0.2) is 9.84 Å². The van der Waals surface area contributed by atoms with Gasteiger partial charge in [0.1, 0.15) is 0 Å². The summed E-state index contributed by atoms with van der Waals surface area (Å²) in [6, 6.07) is 0.766. The first kappa shape index (κ1) is 14.5. The Kier molecular flexibility index (Phi) is 3.74. The molecule has 0 bridgehead atoms. The molecule has 0 radical (unpaired) electrons. The first-order valence-electron chi connectivity index (χ1n) is 5.77. The molecule has 2 heterocycles. The lowest BCUT2D eigenvalue weighted by Gasteiger charge is -2.31. The second-order valence-corrected chi connectivity index (χ2v) is 8.72. The molecule has 1 aromatic heterocycles. The van der Waals surface area contributed by atoms with Gasteiger partial charge in [-0.25, -0.2) is 16.8 Å². The van der Waals surface area contributed by atoms with Crippen LogP contribution in [0.1, 0.15) is 12.6 Å². The zero-order chi connectivity index (χ0) is 14.3. The van der Waals surface area contributed by atoms with Gasteiger partial charge >= 0.3 is 0 Å². The first-order chi connectivity index (χ1) is 8.76. The van der Waals surface area contributed by atoms with Crippen molar-refractivity contribution in [1.29, 1.82) is 0 Å². The summed E-state index contributed by atoms with van der Waals surface area (Å²) in [5.74, 6) is -0.322. The minimum absolute atomic E-state index is 0.0362. The molecule has 1 saturated heterocycles. The lowest BCUT2D eigenvalue weighted by molar-refractivity contribution is 0.277. The smallest absolute Gasteiger partial charge is 0.244 e. The Morgan fingerprint density at radius 3 is 2.74 bits per heavy atom. The Morgan fingerprint density at radius 1 is 1.53 bits per heavy atom. The molecule has 1 atom stereocenters.